The molecular formula is C14H28N2O3Si. The molecule has 0 saturated heterocycles. The number of nitrogens with zero attached hydrogens (tertiary/aromatic N) is 1. The van der Waals surface area contributed by atoms with Crippen molar-refractivity contribution >= 4 is 14.4 Å². The van der Waals surface area contributed by atoms with Crippen LogP contribution >= 0.6 is 0 Å². The van der Waals surface area contributed by atoms with E-state index in [9.17, 15) is 4.79 Å². The predicted molar refractivity (Wildman–Crippen MR) is 81.9 cm³/mol. The first-order chi connectivity index (χ1) is 8.78. The number of ether oxygens (including phenoxy) is 1. The number of nitrogens with one attached hydrogen (secondary N) is 1. The highest BCUT2D eigenvalue weighted by Gasteiger charge is 2.37. The second-order valence-electron chi connectivity index (χ2n) is 7.40. The van der Waals surface area contributed by atoms with E-state index in [1.165, 1.54) is 0 Å². The molecule has 0 aromatic carbocycles. The summed E-state index contributed by atoms with van der Waals surface area (Å²) < 4.78 is 11.0. The number of amides is 1. The van der Waals surface area contributed by atoms with E-state index in [1.54, 1.807) is 20.8 Å². The minimum absolute atomic E-state index is 0.0684. The Morgan fingerprint density at radius 2 is 1.75 bits per heavy atom. The van der Waals surface area contributed by atoms with Crippen LogP contribution in [0.15, 0.2) is 0 Å². The third-order valence-corrected chi connectivity index (χ3v) is 7.76. The van der Waals surface area contributed by atoms with Gasteiger partial charge >= 0.3 is 6.09 Å². The van der Waals surface area contributed by atoms with Gasteiger partial charge in [0.2, 0.25) is 0 Å². The quantitative estimate of drug-likeness (QED) is 0.807. The summed E-state index contributed by atoms with van der Waals surface area (Å²) in [6, 6.07) is 1.33. The van der Waals surface area contributed by atoms with Gasteiger partial charge in [-0.25, -0.2) is 4.79 Å². The third-order valence-electron chi connectivity index (χ3n) is 3.26. The van der Waals surface area contributed by atoms with Crippen molar-refractivity contribution in [3.8, 4) is 6.07 Å². The molecule has 116 valence electrons. The molecule has 6 heteroatoms. The Hall–Kier alpha value is -1.06. The highest BCUT2D eigenvalue weighted by atomic mass is 28.4. The summed E-state index contributed by atoms with van der Waals surface area (Å²) in [5, 5.41) is 11.7. The van der Waals surface area contributed by atoms with Crippen LogP contribution in [0.5, 0.6) is 0 Å². The molecule has 0 aromatic heterocycles. The molecule has 0 aliphatic rings. The zero-order chi connectivity index (χ0) is 16.2. The highest BCUT2D eigenvalue weighted by Crippen LogP contribution is 2.36. The molecule has 0 fully saturated rings. The third kappa shape index (κ3) is 6.92. The standard InChI is InChI=1S/C14H28N2O3Si/c1-13(2,3)19-12(17)16-11(9-15)10-18-20(7,8)14(4,5)6/h11H,10H2,1-8H3,(H,16,17)/t11-/m1/s1. The summed E-state index contributed by atoms with van der Waals surface area (Å²) >= 11 is 0. The van der Waals surface area contributed by atoms with E-state index < -0.39 is 26.1 Å². The van der Waals surface area contributed by atoms with Gasteiger partial charge in [-0.05, 0) is 38.9 Å². The smallest absolute Gasteiger partial charge is 0.408 e. The first-order valence-corrected chi connectivity index (χ1v) is 9.72. The fourth-order valence-corrected chi connectivity index (χ4v) is 2.09. The van der Waals surface area contributed by atoms with Crippen LogP contribution in [0.4, 0.5) is 4.79 Å². The molecule has 0 aliphatic heterocycles. The molecule has 20 heavy (non-hydrogen) atoms. The molecule has 0 radical (unpaired) electrons. The predicted octanol–water partition coefficient (Wildman–Crippen LogP) is 3.43. The van der Waals surface area contributed by atoms with Crippen molar-refractivity contribution in [1.29, 1.82) is 5.26 Å². The van der Waals surface area contributed by atoms with Gasteiger partial charge < -0.3 is 14.5 Å². The number of rotatable bonds is 4. The Morgan fingerprint density at radius 1 is 1.25 bits per heavy atom. The minimum Gasteiger partial charge on any atom is -0.444 e. The molecule has 5 nitrogen and oxygen atoms in total. The molecular weight excluding hydrogens is 272 g/mol. The Bertz CT molecular complexity index is 375. The average molecular weight is 300 g/mol. The fourth-order valence-electron chi connectivity index (χ4n) is 1.07. The minimum atomic E-state index is -1.93. The van der Waals surface area contributed by atoms with E-state index in [1.807, 2.05) is 6.07 Å². The maximum absolute atomic E-state index is 11.6. The van der Waals surface area contributed by atoms with Gasteiger partial charge in [-0.1, -0.05) is 20.8 Å². The second kappa shape index (κ2) is 6.59. The van der Waals surface area contributed by atoms with E-state index in [-0.39, 0.29) is 11.6 Å². The van der Waals surface area contributed by atoms with Crippen LogP contribution in [-0.4, -0.2) is 32.7 Å². The molecule has 1 atom stereocenters. The van der Waals surface area contributed by atoms with Gasteiger partial charge in [0.05, 0.1) is 12.7 Å². The highest BCUT2D eigenvalue weighted by molar-refractivity contribution is 6.74. The van der Waals surface area contributed by atoms with Crippen molar-refractivity contribution in [3.05, 3.63) is 0 Å². The topological polar surface area (TPSA) is 71.3 Å². The monoisotopic (exact) mass is 300 g/mol. The van der Waals surface area contributed by atoms with Gasteiger partial charge in [0, 0.05) is 0 Å². The Morgan fingerprint density at radius 3 is 2.10 bits per heavy atom. The summed E-state index contributed by atoms with van der Waals surface area (Å²) in [7, 11) is -1.93. The van der Waals surface area contributed by atoms with Crippen LogP contribution in [0.3, 0.4) is 0 Å². The van der Waals surface area contributed by atoms with E-state index in [2.05, 4.69) is 39.2 Å². The molecule has 0 aliphatic carbocycles. The molecule has 0 bridgehead atoms. The second-order valence-corrected chi connectivity index (χ2v) is 12.2. The summed E-state index contributed by atoms with van der Waals surface area (Å²) in [5.41, 5.74) is -0.579. The molecule has 1 N–H and O–H groups in total. The maximum atomic E-state index is 11.6. The molecule has 0 aromatic rings. The van der Waals surface area contributed by atoms with Crippen molar-refractivity contribution in [2.75, 3.05) is 6.61 Å². The van der Waals surface area contributed by atoms with E-state index in [0.717, 1.165) is 0 Å². The molecule has 1 amide bonds. The maximum Gasteiger partial charge on any atom is 0.408 e. The summed E-state index contributed by atoms with van der Waals surface area (Å²) in [5.74, 6) is 0. The number of carbonyl (C=O) groups excluding carboxylic acids is 1. The van der Waals surface area contributed by atoms with Crippen molar-refractivity contribution in [3.63, 3.8) is 0 Å². The number of carbonyl (C=O) groups is 1. The number of alkyl carbamates (subject to hydrolysis) is 1. The first kappa shape index (κ1) is 18.9. The Labute approximate surface area is 123 Å². The number of hydrogen-bond acceptors (Lipinski definition) is 4. The fraction of sp³-hybridized carbons (Fsp3) is 0.857. The first-order valence-electron chi connectivity index (χ1n) is 6.81. The van der Waals surface area contributed by atoms with Gasteiger partial charge in [-0.3, -0.25) is 0 Å². The van der Waals surface area contributed by atoms with Crippen LogP contribution in [-0.2, 0) is 9.16 Å². The normalized spacial score (nSPS) is 14.3. The Balaban J connectivity index is 4.46. The molecule has 0 spiro atoms. The zero-order valence-corrected chi connectivity index (χ0v) is 15.0. The number of hydrogen-bond donors (Lipinski definition) is 1. The van der Waals surface area contributed by atoms with Gasteiger partial charge in [-0.15, -0.1) is 0 Å². The van der Waals surface area contributed by atoms with Crippen LogP contribution in [0.1, 0.15) is 41.5 Å². The van der Waals surface area contributed by atoms with E-state index in [0.29, 0.717) is 0 Å². The van der Waals surface area contributed by atoms with Crippen molar-refractivity contribution < 1.29 is 14.0 Å². The zero-order valence-electron chi connectivity index (χ0n) is 14.0. The summed E-state index contributed by atoms with van der Waals surface area (Å²) in [4.78, 5) is 11.6. The van der Waals surface area contributed by atoms with Crippen molar-refractivity contribution in [2.24, 2.45) is 0 Å². The van der Waals surface area contributed by atoms with Gasteiger partial charge in [0.1, 0.15) is 11.6 Å². The molecule has 0 rings (SSSR count). The van der Waals surface area contributed by atoms with Gasteiger partial charge in [-0.2, -0.15) is 5.26 Å². The average Bonchev–Trinajstić information content (AvgIpc) is 2.19. The summed E-state index contributed by atoms with van der Waals surface area (Å²) in [6.45, 7) is 16.1. The lowest BCUT2D eigenvalue weighted by atomic mass is 10.2. The molecule has 0 saturated carbocycles. The van der Waals surface area contributed by atoms with Crippen LogP contribution in [0, 0.1) is 11.3 Å². The molecule has 0 unspecified atom stereocenters. The van der Waals surface area contributed by atoms with Gasteiger partial charge in [0.25, 0.3) is 0 Å². The SMILES string of the molecule is CC(C)(C)OC(=O)N[C@H](C#N)CO[Si](C)(C)C(C)(C)C. The lowest BCUT2D eigenvalue weighted by Crippen LogP contribution is -2.46. The lowest BCUT2D eigenvalue weighted by Gasteiger charge is -2.36. The van der Waals surface area contributed by atoms with Crippen molar-refractivity contribution in [1.82, 2.24) is 5.32 Å². The van der Waals surface area contributed by atoms with E-state index in [4.69, 9.17) is 14.4 Å². The van der Waals surface area contributed by atoms with E-state index >= 15 is 0 Å². The lowest BCUT2D eigenvalue weighted by molar-refractivity contribution is 0.0502. The summed E-state index contributed by atoms with van der Waals surface area (Å²) in [6.07, 6.45) is -0.595. The number of nitriles is 1. The van der Waals surface area contributed by atoms with Crippen LogP contribution in [0.2, 0.25) is 18.1 Å². The van der Waals surface area contributed by atoms with Crippen molar-refractivity contribution in [2.45, 2.75) is 71.3 Å². The Kier molecular flexibility index (Phi) is 6.24. The van der Waals surface area contributed by atoms with Gasteiger partial charge in [0.15, 0.2) is 8.32 Å². The largest absolute Gasteiger partial charge is 0.444 e. The van der Waals surface area contributed by atoms with Crippen LogP contribution < -0.4 is 5.32 Å². The molecule has 0 heterocycles. The van der Waals surface area contributed by atoms with Crippen LogP contribution in [0.25, 0.3) is 0 Å².